The van der Waals surface area contributed by atoms with Crippen LogP contribution in [0.5, 0.6) is 0 Å². The minimum Gasteiger partial charge on any atom is -0.481 e. The largest absolute Gasteiger partial charge is 0.481 e. The van der Waals surface area contributed by atoms with Crippen LogP contribution in [0.15, 0.2) is 4.63 Å². The molecule has 0 spiro atoms. The summed E-state index contributed by atoms with van der Waals surface area (Å²) in [6, 6.07) is 0. The van der Waals surface area contributed by atoms with Crippen LogP contribution in [0.25, 0.3) is 0 Å². The molecule has 1 atom stereocenters. The second-order valence-corrected chi connectivity index (χ2v) is 4.21. The van der Waals surface area contributed by atoms with Gasteiger partial charge in [-0.1, -0.05) is 10.3 Å². The fourth-order valence-corrected chi connectivity index (χ4v) is 1.97. The minimum absolute atomic E-state index is 0.231. The highest BCUT2D eigenvalue weighted by atomic mass is 16.6. The summed E-state index contributed by atoms with van der Waals surface area (Å²) in [5.41, 5.74) is 0.376. The van der Waals surface area contributed by atoms with Crippen molar-refractivity contribution in [3.63, 3.8) is 0 Å². The standard InChI is InChI=1S/C10H14N2O4/c1-7-8(12-16-11-7)5-10(9(13)14)3-2-4-15-6-10/h2-6H2,1H3,(H,13,14). The summed E-state index contributed by atoms with van der Waals surface area (Å²) in [5, 5.41) is 16.7. The minimum atomic E-state index is -0.873. The van der Waals surface area contributed by atoms with E-state index >= 15 is 0 Å². The topological polar surface area (TPSA) is 85.5 Å². The Morgan fingerprint density at radius 2 is 2.38 bits per heavy atom. The molecule has 6 nitrogen and oxygen atoms in total. The second kappa shape index (κ2) is 4.21. The summed E-state index contributed by atoms with van der Waals surface area (Å²) < 4.78 is 9.85. The third kappa shape index (κ3) is 1.92. The van der Waals surface area contributed by atoms with Crippen LogP contribution in [-0.4, -0.2) is 34.6 Å². The Hall–Kier alpha value is -1.43. The van der Waals surface area contributed by atoms with Crippen LogP contribution in [0, 0.1) is 12.3 Å². The lowest BCUT2D eigenvalue weighted by molar-refractivity contribution is -0.157. The molecule has 1 N–H and O–H groups in total. The van der Waals surface area contributed by atoms with Gasteiger partial charge in [-0.25, -0.2) is 4.63 Å². The third-order valence-electron chi connectivity index (χ3n) is 3.03. The number of hydrogen-bond acceptors (Lipinski definition) is 5. The zero-order valence-electron chi connectivity index (χ0n) is 9.10. The van der Waals surface area contributed by atoms with Crippen molar-refractivity contribution in [1.29, 1.82) is 0 Å². The predicted molar refractivity (Wildman–Crippen MR) is 52.9 cm³/mol. The number of carbonyl (C=O) groups is 1. The predicted octanol–water partition coefficient (Wildman–Crippen LogP) is 0.802. The summed E-state index contributed by atoms with van der Waals surface area (Å²) in [7, 11) is 0. The zero-order valence-corrected chi connectivity index (χ0v) is 9.10. The van der Waals surface area contributed by atoms with Gasteiger partial charge in [0.2, 0.25) is 0 Å². The van der Waals surface area contributed by atoms with E-state index < -0.39 is 11.4 Å². The average Bonchev–Trinajstić information content (AvgIpc) is 2.65. The molecule has 1 unspecified atom stereocenters. The Kier molecular flexibility index (Phi) is 2.91. The van der Waals surface area contributed by atoms with Gasteiger partial charge in [0.1, 0.15) is 11.4 Å². The molecule has 1 fully saturated rings. The first kappa shape index (κ1) is 11.1. The highest BCUT2D eigenvalue weighted by molar-refractivity contribution is 5.75. The van der Waals surface area contributed by atoms with E-state index in [2.05, 4.69) is 14.9 Å². The first-order valence-electron chi connectivity index (χ1n) is 5.23. The van der Waals surface area contributed by atoms with E-state index in [1.54, 1.807) is 6.92 Å². The number of ether oxygens (including phenoxy) is 1. The molecule has 1 saturated heterocycles. The van der Waals surface area contributed by atoms with Crippen LogP contribution < -0.4 is 0 Å². The highest BCUT2D eigenvalue weighted by Gasteiger charge is 2.42. The monoisotopic (exact) mass is 226 g/mol. The van der Waals surface area contributed by atoms with Gasteiger partial charge < -0.3 is 9.84 Å². The van der Waals surface area contributed by atoms with Crippen molar-refractivity contribution in [3.8, 4) is 0 Å². The van der Waals surface area contributed by atoms with E-state index in [9.17, 15) is 9.90 Å². The van der Waals surface area contributed by atoms with Gasteiger partial charge in [0.05, 0.1) is 12.0 Å². The van der Waals surface area contributed by atoms with E-state index in [1.807, 2.05) is 0 Å². The van der Waals surface area contributed by atoms with Crippen LogP contribution >= 0.6 is 0 Å². The van der Waals surface area contributed by atoms with Crippen molar-refractivity contribution in [2.24, 2.45) is 5.41 Å². The molecule has 1 aromatic heterocycles. The number of hydrogen-bond donors (Lipinski definition) is 1. The van der Waals surface area contributed by atoms with Gasteiger partial charge in [-0.2, -0.15) is 0 Å². The SMILES string of the molecule is Cc1nonc1CC1(C(=O)O)CCCOC1. The summed E-state index contributed by atoms with van der Waals surface area (Å²) in [6.07, 6.45) is 1.68. The molecule has 0 bridgehead atoms. The summed E-state index contributed by atoms with van der Waals surface area (Å²) >= 11 is 0. The Balaban J connectivity index is 2.20. The van der Waals surface area contributed by atoms with Crippen molar-refractivity contribution in [1.82, 2.24) is 10.3 Å². The van der Waals surface area contributed by atoms with Crippen LogP contribution in [0.4, 0.5) is 0 Å². The summed E-state index contributed by atoms with van der Waals surface area (Å²) in [4.78, 5) is 11.4. The Morgan fingerprint density at radius 3 is 2.88 bits per heavy atom. The molecule has 0 amide bonds. The lowest BCUT2D eigenvalue weighted by Crippen LogP contribution is -2.41. The van der Waals surface area contributed by atoms with Gasteiger partial charge in [0.25, 0.3) is 0 Å². The number of carboxylic acid groups (broad SMARTS) is 1. The van der Waals surface area contributed by atoms with Crippen LogP contribution in [-0.2, 0) is 16.0 Å². The smallest absolute Gasteiger partial charge is 0.312 e. The van der Waals surface area contributed by atoms with Crippen molar-refractivity contribution in [3.05, 3.63) is 11.4 Å². The van der Waals surface area contributed by atoms with Gasteiger partial charge in [-0.3, -0.25) is 4.79 Å². The fourth-order valence-electron chi connectivity index (χ4n) is 1.97. The Morgan fingerprint density at radius 1 is 1.56 bits per heavy atom. The maximum Gasteiger partial charge on any atom is 0.312 e. The van der Waals surface area contributed by atoms with E-state index in [0.717, 1.165) is 6.42 Å². The summed E-state index contributed by atoms with van der Waals surface area (Å²) in [5.74, 6) is -0.838. The van der Waals surface area contributed by atoms with Gasteiger partial charge in [0.15, 0.2) is 0 Å². The maximum absolute atomic E-state index is 11.4. The van der Waals surface area contributed by atoms with Gasteiger partial charge in [-0.15, -0.1) is 0 Å². The van der Waals surface area contributed by atoms with Crippen LogP contribution in [0.1, 0.15) is 24.2 Å². The molecule has 88 valence electrons. The molecule has 1 aliphatic heterocycles. The number of carboxylic acids is 1. The Bertz CT molecular complexity index is 382. The van der Waals surface area contributed by atoms with Crippen molar-refractivity contribution >= 4 is 5.97 Å². The molecule has 0 aliphatic carbocycles. The first-order chi connectivity index (χ1) is 7.64. The number of nitrogens with zero attached hydrogens (tertiary/aromatic N) is 2. The lowest BCUT2D eigenvalue weighted by atomic mass is 9.78. The number of aromatic nitrogens is 2. The van der Waals surface area contributed by atoms with Gasteiger partial charge in [-0.05, 0) is 19.8 Å². The third-order valence-corrected chi connectivity index (χ3v) is 3.03. The van der Waals surface area contributed by atoms with Gasteiger partial charge in [0, 0.05) is 13.0 Å². The quantitative estimate of drug-likeness (QED) is 0.820. The molecule has 1 aliphatic rings. The van der Waals surface area contributed by atoms with E-state index in [0.29, 0.717) is 30.8 Å². The van der Waals surface area contributed by atoms with Gasteiger partial charge >= 0.3 is 5.97 Å². The molecule has 6 heteroatoms. The van der Waals surface area contributed by atoms with E-state index in [4.69, 9.17) is 4.74 Å². The number of aryl methyl sites for hydroxylation is 1. The van der Waals surface area contributed by atoms with Crippen molar-refractivity contribution < 1.29 is 19.3 Å². The van der Waals surface area contributed by atoms with Crippen LogP contribution in [0.2, 0.25) is 0 Å². The molecule has 0 aromatic carbocycles. The lowest BCUT2D eigenvalue weighted by Gasteiger charge is -2.32. The number of aliphatic carboxylic acids is 1. The molecule has 2 rings (SSSR count). The molecule has 1 aromatic rings. The normalized spacial score (nSPS) is 25.6. The molecule has 0 saturated carbocycles. The average molecular weight is 226 g/mol. The van der Waals surface area contributed by atoms with E-state index in [-0.39, 0.29) is 6.61 Å². The maximum atomic E-state index is 11.4. The molecular weight excluding hydrogens is 212 g/mol. The molecule has 0 radical (unpaired) electrons. The highest BCUT2D eigenvalue weighted by Crippen LogP contribution is 2.33. The molecular formula is C10H14N2O4. The molecule has 2 heterocycles. The van der Waals surface area contributed by atoms with Crippen molar-refractivity contribution in [2.45, 2.75) is 26.2 Å². The first-order valence-corrected chi connectivity index (χ1v) is 5.23. The van der Waals surface area contributed by atoms with Crippen LogP contribution in [0.3, 0.4) is 0 Å². The second-order valence-electron chi connectivity index (χ2n) is 4.21. The Labute approximate surface area is 92.6 Å². The number of rotatable bonds is 3. The van der Waals surface area contributed by atoms with Crippen molar-refractivity contribution in [2.75, 3.05) is 13.2 Å². The summed E-state index contributed by atoms with van der Waals surface area (Å²) in [6.45, 7) is 2.62. The fraction of sp³-hybridized carbons (Fsp3) is 0.700. The zero-order chi connectivity index (χ0) is 11.6. The van der Waals surface area contributed by atoms with E-state index in [1.165, 1.54) is 0 Å². The molecule has 16 heavy (non-hydrogen) atoms.